The van der Waals surface area contributed by atoms with E-state index in [4.69, 9.17) is 20.9 Å². The van der Waals surface area contributed by atoms with Gasteiger partial charge in [-0.05, 0) is 96.5 Å². The molecule has 0 atom stereocenters. The highest BCUT2D eigenvalue weighted by molar-refractivity contribution is 5.51. The zero-order valence-electron chi connectivity index (χ0n) is 18.3. The van der Waals surface area contributed by atoms with E-state index in [-0.39, 0.29) is 0 Å². The zero-order valence-corrected chi connectivity index (χ0v) is 18.3. The molecule has 0 aliphatic heterocycles. The van der Waals surface area contributed by atoms with Crippen LogP contribution in [0, 0.1) is 11.8 Å². The van der Waals surface area contributed by atoms with E-state index in [9.17, 15) is 0 Å². The van der Waals surface area contributed by atoms with Crippen LogP contribution in [0.2, 0.25) is 0 Å². The number of benzene rings is 3. The molecule has 0 unspecified atom stereocenters. The van der Waals surface area contributed by atoms with Crippen LogP contribution in [0.3, 0.4) is 0 Å². The van der Waals surface area contributed by atoms with Crippen molar-refractivity contribution in [1.82, 2.24) is 0 Å². The number of anilines is 2. The fourth-order valence-corrected chi connectivity index (χ4v) is 3.36. The number of nitrogen functional groups attached to an aromatic ring is 2. The molecular formula is C26H32N2O2. The molecule has 4 N–H and O–H groups in total. The van der Waals surface area contributed by atoms with Crippen molar-refractivity contribution in [2.24, 2.45) is 11.8 Å². The van der Waals surface area contributed by atoms with Gasteiger partial charge in [0, 0.05) is 11.4 Å². The molecule has 0 saturated carbocycles. The van der Waals surface area contributed by atoms with Crippen molar-refractivity contribution < 1.29 is 9.47 Å². The van der Waals surface area contributed by atoms with Crippen molar-refractivity contribution in [2.75, 3.05) is 11.5 Å². The summed E-state index contributed by atoms with van der Waals surface area (Å²) < 4.78 is 12.6. The third-order valence-electron chi connectivity index (χ3n) is 4.72. The Hall–Kier alpha value is -3.14. The van der Waals surface area contributed by atoms with E-state index in [1.165, 1.54) is 0 Å². The lowest BCUT2D eigenvalue weighted by Crippen LogP contribution is -2.03. The quantitative estimate of drug-likeness (QED) is 0.404. The summed E-state index contributed by atoms with van der Waals surface area (Å²) >= 11 is 0. The first-order valence-electron chi connectivity index (χ1n) is 10.5. The molecule has 30 heavy (non-hydrogen) atoms. The van der Waals surface area contributed by atoms with Crippen LogP contribution in [0.1, 0.15) is 38.8 Å². The molecule has 0 bridgehead atoms. The second-order valence-electron chi connectivity index (χ2n) is 8.61. The Morgan fingerprint density at radius 1 is 0.600 bits per heavy atom. The van der Waals surface area contributed by atoms with E-state index in [2.05, 4.69) is 39.8 Å². The molecule has 3 aromatic rings. The number of nitrogens with two attached hydrogens (primary N) is 2. The third kappa shape index (κ3) is 5.93. The van der Waals surface area contributed by atoms with Gasteiger partial charge in [-0.15, -0.1) is 0 Å². The van der Waals surface area contributed by atoms with Crippen LogP contribution in [-0.4, -0.2) is 0 Å². The van der Waals surface area contributed by atoms with Gasteiger partial charge in [-0.3, -0.25) is 0 Å². The molecule has 0 aliphatic rings. The number of rotatable bonds is 8. The summed E-state index contributed by atoms with van der Waals surface area (Å²) in [5, 5.41) is 0. The third-order valence-corrected chi connectivity index (χ3v) is 4.72. The van der Waals surface area contributed by atoms with Crippen molar-refractivity contribution in [1.29, 1.82) is 0 Å². The van der Waals surface area contributed by atoms with Crippen molar-refractivity contribution >= 4 is 11.4 Å². The van der Waals surface area contributed by atoms with Crippen LogP contribution in [0.15, 0.2) is 60.7 Å². The molecule has 0 heterocycles. The Morgan fingerprint density at radius 3 is 1.23 bits per heavy atom. The number of ether oxygens (including phenoxy) is 2. The van der Waals surface area contributed by atoms with Crippen LogP contribution in [0.4, 0.5) is 11.4 Å². The fourth-order valence-electron chi connectivity index (χ4n) is 3.36. The molecule has 3 rings (SSSR count). The second kappa shape index (κ2) is 9.57. The Kier molecular flexibility index (Phi) is 6.88. The minimum absolute atomic E-state index is 0.485. The van der Waals surface area contributed by atoms with Crippen LogP contribution in [-0.2, 0) is 12.8 Å². The Labute approximate surface area is 179 Å². The summed E-state index contributed by atoms with van der Waals surface area (Å²) in [7, 11) is 0. The predicted octanol–water partition coefficient (Wildman–Crippen LogP) is 6.83. The van der Waals surface area contributed by atoms with Gasteiger partial charge < -0.3 is 20.9 Å². The summed E-state index contributed by atoms with van der Waals surface area (Å²) in [6.45, 7) is 8.82. The fraction of sp³-hybridized carbons (Fsp3) is 0.308. The van der Waals surface area contributed by atoms with Gasteiger partial charge in [0.1, 0.15) is 23.0 Å². The van der Waals surface area contributed by atoms with Crippen molar-refractivity contribution in [3.63, 3.8) is 0 Å². The maximum atomic E-state index is 6.28. The Bertz CT molecular complexity index is 880. The Morgan fingerprint density at radius 2 is 0.933 bits per heavy atom. The monoisotopic (exact) mass is 404 g/mol. The molecule has 0 aromatic heterocycles. The molecule has 0 spiro atoms. The first-order chi connectivity index (χ1) is 14.3. The van der Waals surface area contributed by atoms with E-state index < -0.39 is 0 Å². The summed E-state index contributed by atoms with van der Waals surface area (Å²) in [5.41, 5.74) is 15.3. The van der Waals surface area contributed by atoms with Gasteiger partial charge >= 0.3 is 0 Å². The molecule has 0 aliphatic carbocycles. The van der Waals surface area contributed by atoms with Gasteiger partial charge in [-0.25, -0.2) is 0 Å². The molecule has 0 amide bonds. The van der Waals surface area contributed by atoms with Crippen LogP contribution in [0.5, 0.6) is 23.0 Å². The van der Waals surface area contributed by atoms with E-state index in [0.717, 1.165) is 58.3 Å². The topological polar surface area (TPSA) is 70.5 Å². The summed E-state index contributed by atoms with van der Waals surface area (Å²) in [6.07, 6.45) is 1.79. The molecule has 0 radical (unpaired) electrons. The van der Waals surface area contributed by atoms with Crippen LogP contribution in [0.25, 0.3) is 0 Å². The van der Waals surface area contributed by atoms with Gasteiger partial charge in [0.15, 0.2) is 0 Å². The summed E-state index contributed by atoms with van der Waals surface area (Å²) in [4.78, 5) is 0. The van der Waals surface area contributed by atoms with Crippen molar-refractivity contribution in [2.45, 2.75) is 40.5 Å². The summed E-state index contributed by atoms with van der Waals surface area (Å²) in [5.74, 6) is 4.26. The lowest BCUT2D eigenvalue weighted by atomic mass is 9.96. The average molecular weight is 405 g/mol. The smallest absolute Gasteiger partial charge is 0.131 e. The molecule has 158 valence electrons. The van der Waals surface area contributed by atoms with E-state index >= 15 is 0 Å². The van der Waals surface area contributed by atoms with E-state index in [1.54, 1.807) is 0 Å². The highest BCUT2D eigenvalue weighted by atomic mass is 16.5. The van der Waals surface area contributed by atoms with Gasteiger partial charge in [0.2, 0.25) is 0 Å². The van der Waals surface area contributed by atoms with E-state index in [1.807, 2.05) is 48.5 Å². The van der Waals surface area contributed by atoms with Gasteiger partial charge in [-0.2, -0.15) is 0 Å². The maximum absolute atomic E-state index is 6.28. The minimum atomic E-state index is 0.485. The van der Waals surface area contributed by atoms with E-state index in [0.29, 0.717) is 11.8 Å². The second-order valence-corrected chi connectivity index (χ2v) is 8.61. The van der Waals surface area contributed by atoms with Crippen LogP contribution >= 0.6 is 0 Å². The standard InChI is InChI=1S/C26H32N2O2/c1-17(2)13-19-15-26(30-24-11-7-22(28)8-12-24)20(14-18(3)4)16-25(19)29-23-9-5-21(27)6-10-23/h5-12,15-18H,13-14,27-28H2,1-4H3. The first kappa shape index (κ1) is 21.6. The molecular weight excluding hydrogens is 372 g/mol. The highest BCUT2D eigenvalue weighted by Gasteiger charge is 2.16. The average Bonchev–Trinajstić information content (AvgIpc) is 2.67. The molecule has 3 aromatic carbocycles. The van der Waals surface area contributed by atoms with Gasteiger partial charge in [-0.1, -0.05) is 27.7 Å². The normalized spacial score (nSPS) is 11.1. The van der Waals surface area contributed by atoms with Gasteiger partial charge in [0.25, 0.3) is 0 Å². The lowest BCUT2D eigenvalue weighted by molar-refractivity contribution is 0.451. The molecule has 0 saturated heterocycles. The largest absolute Gasteiger partial charge is 0.457 e. The highest BCUT2D eigenvalue weighted by Crippen LogP contribution is 2.37. The molecule has 4 nitrogen and oxygen atoms in total. The molecule has 4 heteroatoms. The SMILES string of the molecule is CC(C)Cc1cc(Oc2ccc(N)cc2)c(CC(C)C)cc1Oc1ccc(N)cc1. The van der Waals surface area contributed by atoms with Gasteiger partial charge in [0.05, 0.1) is 0 Å². The minimum Gasteiger partial charge on any atom is -0.457 e. The van der Waals surface area contributed by atoms with Crippen molar-refractivity contribution in [3.8, 4) is 23.0 Å². The van der Waals surface area contributed by atoms with Crippen molar-refractivity contribution in [3.05, 3.63) is 71.8 Å². The number of hydrogen-bond acceptors (Lipinski definition) is 4. The maximum Gasteiger partial charge on any atom is 0.131 e. The van der Waals surface area contributed by atoms with Crippen LogP contribution < -0.4 is 20.9 Å². The Balaban J connectivity index is 2.01. The first-order valence-corrected chi connectivity index (χ1v) is 10.5. The zero-order chi connectivity index (χ0) is 21.7. The summed E-state index contributed by atoms with van der Waals surface area (Å²) in [6, 6.07) is 19.3. The number of hydrogen-bond donors (Lipinski definition) is 2. The lowest BCUT2D eigenvalue weighted by Gasteiger charge is -2.19. The predicted molar refractivity (Wildman–Crippen MR) is 125 cm³/mol. The molecule has 0 fully saturated rings.